The van der Waals surface area contributed by atoms with Crippen LogP contribution in [0.1, 0.15) is 44.9 Å². The molecule has 1 amide bonds. The molecule has 0 fully saturated rings. The van der Waals surface area contributed by atoms with Crippen LogP contribution in [0.25, 0.3) is 11.3 Å². The fourth-order valence-corrected chi connectivity index (χ4v) is 4.15. The fraction of sp³-hybridized carbons (Fsp3) is 0.115. The molecule has 6 nitrogen and oxygen atoms in total. The molecule has 5 rings (SSSR count). The number of amides is 1. The minimum Gasteiger partial charge on any atom is -0.462 e. The quantitative estimate of drug-likeness (QED) is 0.458. The van der Waals surface area contributed by atoms with Gasteiger partial charge in [0, 0.05) is 16.8 Å². The van der Waals surface area contributed by atoms with Crippen LogP contribution >= 0.6 is 0 Å². The first kappa shape index (κ1) is 19.8. The van der Waals surface area contributed by atoms with E-state index in [0.717, 1.165) is 22.4 Å². The van der Waals surface area contributed by atoms with E-state index in [2.05, 4.69) is 10.2 Å². The van der Waals surface area contributed by atoms with Crippen molar-refractivity contribution in [2.24, 2.45) is 0 Å². The molecule has 6 heteroatoms. The van der Waals surface area contributed by atoms with Crippen molar-refractivity contribution in [3.63, 3.8) is 0 Å². The van der Waals surface area contributed by atoms with E-state index in [1.165, 1.54) is 0 Å². The monoisotopic (exact) mass is 423 g/mol. The van der Waals surface area contributed by atoms with Crippen molar-refractivity contribution in [1.29, 1.82) is 0 Å². The number of rotatable bonds is 5. The molecule has 1 aliphatic heterocycles. The van der Waals surface area contributed by atoms with Gasteiger partial charge in [-0.15, -0.1) is 0 Å². The van der Waals surface area contributed by atoms with Gasteiger partial charge in [-0.05, 0) is 36.8 Å². The third kappa shape index (κ3) is 3.26. The largest absolute Gasteiger partial charge is 0.462 e. The Morgan fingerprint density at radius 1 is 0.969 bits per heavy atom. The standard InChI is InChI=1S/C26H21N3O3/c1-2-32-26(31)19-13-15-20(16-14-19)29-24(18-11-7-4-8-12-18)21-22(17-9-5-3-6-10-17)27-28-23(21)25(29)30/h3-16,24H,2H2,1H3,(H,27,28). The third-order valence-electron chi connectivity index (χ3n) is 5.59. The molecule has 0 aliphatic carbocycles. The third-order valence-corrected chi connectivity index (χ3v) is 5.59. The Hall–Kier alpha value is -4.19. The summed E-state index contributed by atoms with van der Waals surface area (Å²) >= 11 is 0. The molecule has 1 N–H and O–H groups in total. The molecule has 3 aromatic carbocycles. The van der Waals surface area contributed by atoms with Crippen molar-refractivity contribution in [2.45, 2.75) is 13.0 Å². The number of aromatic amines is 1. The second kappa shape index (κ2) is 8.15. The highest BCUT2D eigenvalue weighted by atomic mass is 16.5. The number of H-pyrrole nitrogens is 1. The predicted molar refractivity (Wildman–Crippen MR) is 122 cm³/mol. The molecular weight excluding hydrogens is 402 g/mol. The molecule has 1 aliphatic rings. The number of hydrogen-bond donors (Lipinski definition) is 1. The first-order valence-corrected chi connectivity index (χ1v) is 10.5. The van der Waals surface area contributed by atoms with Crippen molar-refractivity contribution < 1.29 is 14.3 Å². The summed E-state index contributed by atoms with van der Waals surface area (Å²) in [4.78, 5) is 27.3. The first-order chi connectivity index (χ1) is 15.7. The Bertz CT molecular complexity index is 1260. The number of carbonyl (C=O) groups is 2. The lowest BCUT2D eigenvalue weighted by molar-refractivity contribution is 0.0526. The average molecular weight is 423 g/mol. The van der Waals surface area contributed by atoms with E-state index < -0.39 is 0 Å². The van der Waals surface area contributed by atoms with Crippen LogP contribution < -0.4 is 4.90 Å². The molecule has 32 heavy (non-hydrogen) atoms. The van der Waals surface area contributed by atoms with Crippen molar-refractivity contribution >= 4 is 17.6 Å². The van der Waals surface area contributed by atoms with Crippen molar-refractivity contribution in [1.82, 2.24) is 10.2 Å². The highest BCUT2D eigenvalue weighted by Gasteiger charge is 2.43. The van der Waals surface area contributed by atoms with Crippen molar-refractivity contribution in [3.8, 4) is 11.3 Å². The SMILES string of the molecule is CCOC(=O)c1ccc(N2C(=O)c3[nH]nc(-c4ccccc4)c3C2c2ccccc2)cc1. The van der Waals surface area contributed by atoms with E-state index >= 15 is 0 Å². The molecule has 0 bridgehead atoms. The minimum atomic E-state index is -0.382. The van der Waals surface area contributed by atoms with Gasteiger partial charge in [-0.3, -0.25) is 14.8 Å². The predicted octanol–water partition coefficient (Wildman–Crippen LogP) is 5.00. The van der Waals surface area contributed by atoms with Gasteiger partial charge in [0.25, 0.3) is 5.91 Å². The van der Waals surface area contributed by atoms with Crippen LogP contribution in [0.4, 0.5) is 5.69 Å². The van der Waals surface area contributed by atoms with Gasteiger partial charge < -0.3 is 4.74 Å². The number of nitrogens with one attached hydrogen (secondary N) is 1. The van der Waals surface area contributed by atoms with E-state index in [4.69, 9.17) is 4.74 Å². The topological polar surface area (TPSA) is 75.3 Å². The van der Waals surface area contributed by atoms with E-state index in [1.54, 1.807) is 36.1 Å². The second-order valence-electron chi connectivity index (χ2n) is 7.48. The summed E-state index contributed by atoms with van der Waals surface area (Å²) in [6.07, 6.45) is 0. The number of esters is 1. The fourth-order valence-electron chi connectivity index (χ4n) is 4.15. The molecule has 0 spiro atoms. The first-order valence-electron chi connectivity index (χ1n) is 10.5. The highest BCUT2D eigenvalue weighted by Crippen LogP contribution is 2.44. The zero-order valence-electron chi connectivity index (χ0n) is 17.5. The van der Waals surface area contributed by atoms with Gasteiger partial charge >= 0.3 is 5.97 Å². The minimum absolute atomic E-state index is 0.160. The van der Waals surface area contributed by atoms with Gasteiger partial charge in [-0.1, -0.05) is 60.7 Å². The lowest BCUT2D eigenvalue weighted by Gasteiger charge is -2.26. The Morgan fingerprint density at radius 2 is 1.62 bits per heavy atom. The Kier molecular flexibility index (Phi) is 5.03. The molecular formula is C26H21N3O3. The van der Waals surface area contributed by atoms with Gasteiger partial charge in [0.2, 0.25) is 0 Å². The molecule has 0 radical (unpaired) electrons. The summed E-state index contributed by atoms with van der Waals surface area (Å²) in [7, 11) is 0. The lowest BCUT2D eigenvalue weighted by Crippen LogP contribution is -2.29. The maximum atomic E-state index is 13.5. The Labute approximate surface area is 185 Å². The van der Waals surface area contributed by atoms with Gasteiger partial charge in [0.15, 0.2) is 0 Å². The van der Waals surface area contributed by atoms with Gasteiger partial charge in [-0.25, -0.2) is 4.79 Å². The number of aromatic nitrogens is 2. The number of carbonyl (C=O) groups excluding carboxylic acids is 2. The summed E-state index contributed by atoms with van der Waals surface area (Å²) in [5.74, 6) is -0.542. The van der Waals surface area contributed by atoms with Crippen LogP contribution in [0.15, 0.2) is 84.9 Å². The van der Waals surface area contributed by atoms with Crippen LogP contribution in [0.3, 0.4) is 0 Å². The van der Waals surface area contributed by atoms with Crippen LogP contribution in [0, 0.1) is 0 Å². The highest BCUT2D eigenvalue weighted by molar-refractivity contribution is 6.11. The number of ether oxygens (including phenoxy) is 1. The van der Waals surface area contributed by atoms with Crippen LogP contribution in [0.5, 0.6) is 0 Å². The van der Waals surface area contributed by atoms with Crippen molar-refractivity contribution in [2.75, 3.05) is 11.5 Å². The molecule has 2 heterocycles. The maximum Gasteiger partial charge on any atom is 0.338 e. The van der Waals surface area contributed by atoms with Crippen LogP contribution in [-0.2, 0) is 4.74 Å². The molecule has 158 valence electrons. The summed E-state index contributed by atoms with van der Waals surface area (Å²) < 4.78 is 5.08. The van der Waals surface area contributed by atoms with Crippen LogP contribution in [-0.4, -0.2) is 28.7 Å². The number of hydrogen-bond acceptors (Lipinski definition) is 4. The van der Waals surface area contributed by atoms with E-state index in [0.29, 0.717) is 23.6 Å². The number of benzene rings is 3. The summed E-state index contributed by atoms with van der Waals surface area (Å²) in [5.41, 5.74) is 5.15. The summed E-state index contributed by atoms with van der Waals surface area (Å²) in [6.45, 7) is 2.08. The summed E-state index contributed by atoms with van der Waals surface area (Å²) in [5, 5.41) is 7.45. The van der Waals surface area contributed by atoms with E-state index in [9.17, 15) is 9.59 Å². The number of nitrogens with zero attached hydrogens (tertiary/aromatic N) is 2. The van der Waals surface area contributed by atoms with Gasteiger partial charge in [0.1, 0.15) is 5.69 Å². The molecule has 1 aromatic heterocycles. The number of fused-ring (bicyclic) bond motifs is 1. The average Bonchev–Trinajstić information content (AvgIpc) is 3.39. The molecule has 1 atom stereocenters. The molecule has 4 aromatic rings. The number of anilines is 1. The molecule has 1 unspecified atom stereocenters. The van der Waals surface area contributed by atoms with E-state index in [-0.39, 0.29) is 17.9 Å². The van der Waals surface area contributed by atoms with Crippen LogP contribution in [0.2, 0.25) is 0 Å². The lowest BCUT2D eigenvalue weighted by atomic mass is 9.96. The normalized spacial score (nSPS) is 15.0. The van der Waals surface area contributed by atoms with Gasteiger partial charge in [-0.2, -0.15) is 5.10 Å². The zero-order chi connectivity index (χ0) is 22.1. The van der Waals surface area contributed by atoms with Gasteiger partial charge in [0.05, 0.1) is 23.9 Å². The summed E-state index contributed by atoms with van der Waals surface area (Å²) in [6, 6.07) is 26.3. The Morgan fingerprint density at radius 3 is 2.28 bits per heavy atom. The van der Waals surface area contributed by atoms with Crippen molar-refractivity contribution in [3.05, 3.63) is 107 Å². The second-order valence-corrected chi connectivity index (χ2v) is 7.48. The molecule has 0 saturated carbocycles. The molecule has 0 saturated heterocycles. The van der Waals surface area contributed by atoms with E-state index in [1.807, 2.05) is 60.7 Å². The zero-order valence-corrected chi connectivity index (χ0v) is 17.5. The maximum absolute atomic E-state index is 13.5. The smallest absolute Gasteiger partial charge is 0.338 e. The Balaban J connectivity index is 1.62.